The highest BCUT2D eigenvalue weighted by Gasteiger charge is 2.17. The molecule has 1 amide bonds. The number of benzene rings is 1. The first-order chi connectivity index (χ1) is 13.7. The number of rotatable bonds is 7. The minimum absolute atomic E-state index is 0.0457. The topological polar surface area (TPSA) is 102 Å². The van der Waals surface area contributed by atoms with Crippen LogP contribution in [0.5, 0.6) is 0 Å². The summed E-state index contributed by atoms with van der Waals surface area (Å²) in [6.45, 7) is 4.86. The standard InChI is InChI=1S/C17H22N8O2S/c1-23(11-13-2-3-14-15(10-13)20-28-19-14)17(26)4-5-25-16(18-21-22-25)12-24-6-8-27-9-7-24/h2-3,10H,4-9,11-12H2,1H3. The van der Waals surface area contributed by atoms with E-state index < -0.39 is 0 Å². The van der Waals surface area contributed by atoms with E-state index in [1.54, 1.807) is 16.6 Å². The van der Waals surface area contributed by atoms with Gasteiger partial charge >= 0.3 is 0 Å². The average Bonchev–Trinajstić information content (AvgIpc) is 3.35. The minimum atomic E-state index is 0.0457. The van der Waals surface area contributed by atoms with Crippen LogP contribution in [0.1, 0.15) is 17.8 Å². The number of aromatic nitrogens is 6. The molecule has 1 aromatic carbocycles. The predicted molar refractivity (Wildman–Crippen MR) is 102 cm³/mol. The Labute approximate surface area is 166 Å². The number of amides is 1. The van der Waals surface area contributed by atoms with Crippen molar-refractivity contribution in [1.82, 2.24) is 38.8 Å². The number of hydrogen-bond acceptors (Lipinski definition) is 9. The largest absolute Gasteiger partial charge is 0.379 e. The first-order valence-corrected chi connectivity index (χ1v) is 9.92. The molecule has 10 nitrogen and oxygen atoms in total. The lowest BCUT2D eigenvalue weighted by atomic mass is 10.2. The van der Waals surface area contributed by atoms with Gasteiger partial charge in [-0.3, -0.25) is 9.69 Å². The molecule has 0 radical (unpaired) electrons. The van der Waals surface area contributed by atoms with E-state index in [0.29, 0.717) is 26.1 Å². The third-order valence-electron chi connectivity index (χ3n) is 4.78. The van der Waals surface area contributed by atoms with Crippen LogP contribution >= 0.6 is 11.7 Å². The maximum Gasteiger partial charge on any atom is 0.224 e. The van der Waals surface area contributed by atoms with E-state index in [-0.39, 0.29) is 5.91 Å². The first kappa shape index (κ1) is 18.8. The summed E-state index contributed by atoms with van der Waals surface area (Å²) in [4.78, 5) is 16.5. The van der Waals surface area contributed by atoms with E-state index in [4.69, 9.17) is 4.74 Å². The summed E-state index contributed by atoms with van der Waals surface area (Å²) in [5.41, 5.74) is 2.78. The number of carbonyl (C=O) groups is 1. The Bertz CT molecular complexity index is 936. The van der Waals surface area contributed by atoms with Gasteiger partial charge in [-0.1, -0.05) is 6.07 Å². The monoisotopic (exact) mass is 402 g/mol. The molecular formula is C17H22N8O2S. The molecule has 148 valence electrons. The van der Waals surface area contributed by atoms with Gasteiger partial charge in [-0.25, -0.2) is 4.68 Å². The summed E-state index contributed by atoms with van der Waals surface area (Å²) in [6, 6.07) is 5.89. The number of morpholine rings is 1. The third kappa shape index (κ3) is 4.49. The van der Waals surface area contributed by atoms with Crippen LogP contribution in [-0.2, 0) is 29.2 Å². The van der Waals surface area contributed by atoms with Crippen molar-refractivity contribution in [3.63, 3.8) is 0 Å². The molecule has 1 fully saturated rings. The summed E-state index contributed by atoms with van der Waals surface area (Å²) in [6.07, 6.45) is 0.345. The molecule has 11 heteroatoms. The molecule has 3 aromatic rings. The zero-order chi connectivity index (χ0) is 19.3. The smallest absolute Gasteiger partial charge is 0.224 e. The number of tetrazole rings is 1. The fourth-order valence-corrected chi connectivity index (χ4v) is 3.67. The maximum atomic E-state index is 12.5. The lowest BCUT2D eigenvalue weighted by molar-refractivity contribution is -0.130. The molecule has 3 heterocycles. The van der Waals surface area contributed by atoms with Crippen molar-refractivity contribution < 1.29 is 9.53 Å². The minimum Gasteiger partial charge on any atom is -0.379 e. The predicted octanol–water partition coefficient (Wildman–Crippen LogP) is 0.559. The summed E-state index contributed by atoms with van der Waals surface area (Å²) >= 11 is 1.19. The Morgan fingerprint density at radius 1 is 1.25 bits per heavy atom. The van der Waals surface area contributed by atoms with Gasteiger partial charge in [0.25, 0.3) is 0 Å². The molecule has 1 aliphatic rings. The van der Waals surface area contributed by atoms with Crippen LogP contribution in [0.2, 0.25) is 0 Å². The average molecular weight is 402 g/mol. The van der Waals surface area contributed by atoms with Crippen molar-refractivity contribution in [2.24, 2.45) is 0 Å². The molecule has 1 aliphatic heterocycles. The Hall–Kier alpha value is -2.50. The van der Waals surface area contributed by atoms with Crippen molar-refractivity contribution in [1.29, 1.82) is 0 Å². The summed E-state index contributed by atoms with van der Waals surface area (Å²) in [5.74, 6) is 0.822. The van der Waals surface area contributed by atoms with Gasteiger partial charge in [-0.2, -0.15) is 8.75 Å². The zero-order valence-electron chi connectivity index (χ0n) is 15.7. The molecular weight excluding hydrogens is 380 g/mol. The van der Waals surface area contributed by atoms with Crippen molar-refractivity contribution in [3.05, 3.63) is 29.6 Å². The van der Waals surface area contributed by atoms with E-state index in [9.17, 15) is 4.79 Å². The molecule has 4 rings (SSSR count). The second kappa shape index (κ2) is 8.67. The Balaban J connectivity index is 1.30. The van der Waals surface area contributed by atoms with Crippen LogP contribution in [0.15, 0.2) is 18.2 Å². The lowest BCUT2D eigenvalue weighted by Crippen LogP contribution is -2.36. The summed E-state index contributed by atoms with van der Waals surface area (Å²) in [5, 5.41) is 11.9. The maximum absolute atomic E-state index is 12.5. The van der Waals surface area contributed by atoms with E-state index in [1.165, 1.54) is 11.7 Å². The van der Waals surface area contributed by atoms with Crippen molar-refractivity contribution in [2.45, 2.75) is 26.1 Å². The highest BCUT2D eigenvalue weighted by molar-refractivity contribution is 7.00. The van der Waals surface area contributed by atoms with Crippen molar-refractivity contribution in [3.8, 4) is 0 Å². The molecule has 2 aromatic heterocycles. The van der Waals surface area contributed by atoms with E-state index >= 15 is 0 Å². The lowest BCUT2D eigenvalue weighted by Gasteiger charge is -2.25. The molecule has 0 saturated carbocycles. The van der Waals surface area contributed by atoms with Gasteiger partial charge in [0.2, 0.25) is 5.91 Å². The number of hydrogen-bond donors (Lipinski definition) is 0. The van der Waals surface area contributed by atoms with Crippen LogP contribution in [0, 0.1) is 0 Å². The van der Waals surface area contributed by atoms with E-state index in [1.807, 2.05) is 18.2 Å². The number of aryl methyl sites for hydroxylation is 1. The van der Waals surface area contributed by atoms with E-state index in [2.05, 4.69) is 29.2 Å². The van der Waals surface area contributed by atoms with Crippen molar-refractivity contribution >= 4 is 28.7 Å². The van der Waals surface area contributed by atoms with Gasteiger partial charge in [0.1, 0.15) is 11.0 Å². The van der Waals surface area contributed by atoms with Gasteiger partial charge in [-0.15, -0.1) is 5.10 Å². The molecule has 0 spiro atoms. The van der Waals surface area contributed by atoms with Crippen molar-refractivity contribution in [2.75, 3.05) is 33.4 Å². The molecule has 28 heavy (non-hydrogen) atoms. The Morgan fingerprint density at radius 2 is 2.07 bits per heavy atom. The second-order valence-corrected chi connectivity index (χ2v) is 7.32. The van der Waals surface area contributed by atoms with Gasteiger partial charge < -0.3 is 9.64 Å². The normalized spacial score (nSPS) is 15.2. The Morgan fingerprint density at radius 3 is 2.93 bits per heavy atom. The van der Waals surface area contributed by atoms with Gasteiger partial charge in [0, 0.05) is 33.1 Å². The molecule has 0 N–H and O–H groups in total. The fraction of sp³-hybridized carbons (Fsp3) is 0.529. The van der Waals surface area contributed by atoms with Crippen LogP contribution in [-0.4, -0.2) is 78.0 Å². The number of ether oxygens (including phenoxy) is 1. The quantitative estimate of drug-likeness (QED) is 0.565. The molecule has 0 unspecified atom stereocenters. The Kier molecular flexibility index (Phi) is 5.84. The van der Waals surface area contributed by atoms with Gasteiger partial charge in [0.05, 0.1) is 38.0 Å². The molecule has 1 saturated heterocycles. The fourth-order valence-electron chi connectivity index (χ4n) is 3.15. The SMILES string of the molecule is CN(Cc1ccc2nsnc2c1)C(=O)CCn1nnnc1CN1CCOCC1. The highest BCUT2D eigenvalue weighted by Crippen LogP contribution is 2.15. The summed E-state index contributed by atoms with van der Waals surface area (Å²) < 4.78 is 15.5. The highest BCUT2D eigenvalue weighted by atomic mass is 32.1. The first-order valence-electron chi connectivity index (χ1n) is 9.19. The zero-order valence-corrected chi connectivity index (χ0v) is 16.5. The van der Waals surface area contributed by atoms with Crippen LogP contribution in [0.4, 0.5) is 0 Å². The number of carbonyl (C=O) groups excluding carboxylic acids is 1. The number of fused-ring (bicyclic) bond motifs is 1. The molecule has 0 aliphatic carbocycles. The third-order valence-corrected chi connectivity index (χ3v) is 5.33. The number of nitrogens with zero attached hydrogens (tertiary/aromatic N) is 8. The van der Waals surface area contributed by atoms with Crippen LogP contribution in [0.3, 0.4) is 0 Å². The summed E-state index contributed by atoms with van der Waals surface area (Å²) in [7, 11) is 1.81. The molecule has 0 atom stereocenters. The molecule has 0 bridgehead atoms. The van der Waals surface area contributed by atoms with Gasteiger partial charge in [0.15, 0.2) is 5.82 Å². The van der Waals surface area contributed by atoms with Gasteiger partial charge in [-0.05, 0) is 28.1 Å². The van der Waals surface area contributed by atoms with Crippen LogP contribution in [0.25, 0.3) is 11.0 Å². The van der Waals surface area contributed by atoms with Crippen LogP contribution < -0.4 is 0 Å². The van der Waals surface area contributed by atoms with E-state index in [0.717, 1.165) is 48.7 Å². The second-order valence-electron chi connectivity index (χ2n) is 6.79.